The zero-order chi connectivity index (χ0) is 9.84. The predicted molar refractivity (Wildman–Crippen MR) is 55.8 cm³/mol. The smallest absolute Gasteiger partial charge is 0.180 e. The fourth-order valence-corrected chi connectivity index (χ4v) is 1.38. The van der Waals surface area contributed by atoms with Crippen molar-refractivity contribution in [2.75, 3.05) is 12.8 Å². The lowest BCUT2D eigenvalue weighted by molar-refractivity contribution is 0.214. The van der Waals surface area contributed by atoms with Gasteiger partial charge in [0.2, 0.25) is 0 Å². The second-order valence-electron chi connectivity index (χ2n) is 2.02. The molecule has 1 rings (SSSR count). The molecular weight excluding hydrogens is 208 g/mol. The first-order valence-electron chi connectivity index (χ1n) is 3.23. The number of nitrogens with two attached hydrogens (primary N) is 1. The summed E-state index contributed by atoms with van der Waals surface area (Å²) in [5.74, 6) is 0. The van der Waals surface area contributed by atoms with Crippen LogP contribution in [0.1, 0.15) is 5.69 Å². The van der Waals surface area contributed by atoms with Gasteiger partial charge in [-0.05, 0) is 0 Å². The largest absolute Gasteiger partial charge is 0.399 e. The number of thiazole rings is 1. The minimum absolute atomic E-state index is 0.118. The zero-order valence-electron chi connectivity index (χ0n) is 6.77. The molecule has 1 aromatic rings. The Hall–Kier alpha value is -1.21. The molecule has 13 heavy (non-hydrogen) atoms. The number of aromatic nitrogens is 1. The first-order chi connectivity index (χ1) is 6.15. The minimum atomic E-state index is -0.118. The van der Waals surface area contributed by atoms with E-state index in [1.807, 2.05) is 0 Å². The van der Waals surface area contributed by atoms with Gasteiger partial charge < -0.3 is 10.6 Å². The van der Waals surface area contributed by atoms with E-state index >= 15 is 0 Å². The van der Waals surface area contributed by atoms with Crippen LogP contribution in [-0.2, 0) is 4.84 Å². The Morgan fingerprint density at radius 3 is 2.92 bits per heavy atom. The zero-order valence-corrected chi connectivity index (χ0v) is 8.41. The van der Waals surface area contributed by atoms with Gasteiger partial charge >= 0.3 is 0 Å². The molecule has 3 N–H and O–H groups in total. The highest BCUT2D eigenvalue weighted by molar-refractivity contribution is 7.82. The van der Waals surface area contributed by atoms with Crippen molar-refractivity contribution in [3.8, 4) is 0 Å². The van der Waals surface area contributed by atoms with Crippen molar-refractivity contribution < 1.29 is 4.84 Å². The van der Waals surface area contributed by atoms with Crippen LogP contribution in [0.3, 0.4) is 0 Å². The highest BCUT2D eigenvalue weighted by Gasteiger charge is 2.11. The summed E-state index contributed by atoms with van der Waals surface area (Å²) in [7, 11) is 1.38. The Kier molecular flexibility index (Phi) is 3.15. The Bertz CT molecular complexity index is 346. The van der Waals surface area contributed by atoms with Crippen molar-refractivity contribution in [3.05, 3.63) is 11.1 Å². The van der Waals surface area contributed by atoms with Crippen molar-refractivity contribution in [1.29, 1.82) is 0 Å². The third kappa shape index (κ3) is 2.36. The van der Waals surface area contributed by atoms with Crippen LogP contribution < -0.4 is 11.5 Å². The van der Waals surface area contributed by atoms with Gasteiger partial charge in [0.15, 0.2) is 10.8 Å². The van der Waals surface area contributed by atoms with Crippen molar-refractivity contribution in [2.45, 2.75) is 0 Å². The summed E-state index contributed by atoms with van der Waals surface area (Å²) in [6, 6.07) is 0. The van der Waals surface area contributed by atoms with Crippen LogP contribution in [-0.4, -0.2) is 22.8 Å². The van der Waals surface area contributed by atoms with Gasteiger partial charge in [-0.2, -0.15) is 0 Å². The molecule has 0 aromatic carbocycles. The molecule has 69 valence electrons. The third-order valence-corrected chi connectivity index (χ3v) is 2.03. The van der Waals surface area contributed by atoms with Gasteiger partial charge in [-0.25, -0.2) is 4.98 Å². The fourth-order valence-electron chi connectivity index (χ4n) is 0.692. The van der Waals surface area contributed by atoms with Crippen LogP contribution in [0.4, 0.5) is 5.13 Å². The lowest BCUT2D eigenvalue weighted by Gasteiger charge is -1.96. The summed E-state index contributed by atoms with van der Waals surface area (Å²) in [5, 5.41) is 5.67. The van der Waals surface area contributed by atoms with Crippen molar-refractivity contribution >= 4 is 39.4 Å². The molecular formula is C6H7N4OS2. The van der Waals surface area contributed by atoms with Crippen LogP contribution in [0, 0.1) is 0 Å². The average molecular weight is 215 g/mol. The van der Waals surface area contributed by atoms with E-state index in [9.17, 15) is 0 Å². The maximum atomic E-state index is 7.23. The molecule has 0 unspecified atom stereocenters. The lowest BCUT2D eigenvalue weighted by Crippen LogP contribution is -2.15. The summed E-state index contributed by atoms with van der Waals surface area (Å²) >= 11 is 5.92. The fraction of sp³-hybridized carbons (Fsp3) is 0.167. The summed E-state index contributed by atoms with van der Waals surface area (Å²) in [4.78, 5) is 8.34. The number of nitrogen functional groups attached to an aromatic ring is 1. The van der Waals surface area contributed by atoms with Crippen LogP contribution in [0.2, 0.25) is 0 Å². The molecule has 5 nitrogen and oxygen atoms in total. The van der Waals surface area contributed by atoms with E-state index in [1.165, 1.54) is 18.4 Å². The number of anilines is 1. The molecule has 0 spiro atoms. The second-order valence-corrected chi connectivity index (χ2v) is 3.32. The summed E-state index contributed by atoms with van der Waals surface area (Å²) in [6.07, 6.45) is 0. The number of hydrogen-bond acceptors (Lipinski definition) is 6. The van der Waals surface area contributed by atoms with Crippen molar-refractivity contribution in [2.24, 2.45) is 5.16 Å². The molecule has 0 amide bonds. The standard InChI is InChI=1S/C6H7N4OS2/c1-11-10-4(5(7)12)3-2-13-6(8)9-3/h2,7H,1H3,(H2,8,9). The van der Waals surface area contributed by atoms with E-state index < -0.39 is 0 Å². The SMILES string of the molecule is CON=C(C([NH])=S)c1csc(N)n1. The van der Waals surface area contributed by atoms with Gasteiger partial charge in [0.25, 0.3) is 0 Å². The van der Waals surface area contributed by atoms with Crippen molar-refractivity contribution in [1.82, 2.24) is 10.7 Å². The molecule has 0 aliphatic rings. The normalized spacial score (nSPS) is 11.3. The van der Waals surface area contributed by atoms with Gasteiger partial charge in [0.1, 0.15) is 17.8 Å². The third-order valence-electron chi connectivity index (χ3n) is 1.16. The first kappa shape index (κ1) is 9.87. The highest BCUT2D eigenvalue weighted by Crippen LogP contribution is 2.12. The van der Waals surface area contributed by atoms with E-state index in [0.29, 0.717) is 10.8 Å². The maximum Gasteiger partial charge on any atom is 0.180 e. The van der Waals surface area contributed by atoms with Gasteiger partial charge in [-0.1, -0.05) is 17.4 Å². The monoisotopic (exact) mass is 215 g/mol. The number of thiocarbonyl (C=S) groups is 1. The Morgan fingerprint density at radius 2 is 2.54 bits per heavy atom. The minimum Gasteiger partial charge on any atom is -0.399 e. The molecule has 0 saturated heterocycles. The van der Waals surface area contributed by atoms with Crippen LogP contribution in [0.15, 0.2) is 10.5 Å². The molecule has 0 aliphatic heterocycles. The predicted octanol–water partition coefficient (Wildman–Crippen LogP) is 0.686. The van der Waals surface area contributed by atoms with Crippen LogP contribution in [0.5, 0.6) is 0 Å². The first-order valence-corrected chi connectivity index (χ1v) is 4.52. The topological polar surface area (TPSA) is 84.3 Å². The molecule has 1 heterocycles. The number of rotatable bonds is 3. The van der Waals surface area contributed by atoms with Gasteiger partial charge in [0.05, 0.1) is 0 Å². The van der Waals surface area contributed by atoms with Crippen LogP contribution >= 0.6 is 23.6 Å². The van der Waals surface area contributed by atoms with Crippen molar-refractivity contribution in [3.63, 3.8) is 0 Å². The summed E-state index contributed by atoms with van der Waals surface area (Å²) in [6.45, 7) is 0. The van der Waals surface area contributed by atoms with E-state index in [2.05, 4.69) is 27.2 Å². The van der Waals surface area contributed by atoms with Crippen LogP contribution in [0.25, 0.3) is 0 Å². The van der Waals surface area contributed by atoms with E-state index in [4.69, 9.17) is 11.5 Å². The molecule has 0 saturated carbocycles. The summed E-state index contributed by atoms with van der Waals surface area (Å²) in [5.41, 5.74) is 13.4. The molecule has 0 bridgehead atoms. The molecule has 0 atom stereocenters. The highest BCUT2D eigenvalue weighted by atomic mass is 32.1. The maximum absolute atomic E-state index is 7.23. The van der Waals surface area contributed by atoms with E-state index in [0.717, 1.165) is 0 Å². The quantitative estimate of drug-likeness (QED) is 0.456. The molecule has 0 aliphatic carbocycles. The molecule has 1 radical (unpaired) electrons. The number of oxime groups is 1. The molecule has 7 heteroatoms. The van der Waals surface area contributed by atoms with Gasteiger partial charge in [0, 0.05) is 5.38 Å². The second kappa shape index (κ2) is 4.15. The molecule has 1 aromatic heterocycles. The lowest BCUT2D eigenvalue weighted by atomic mass is 10.3. The average Bonchev–Trinajstić information content (AvgIpc) is 2.46. The summed E-state index contributed by atoms with van der Waals surface area (Å²) < 4.78 is 0. The number of nitrogens with zero attached hydrogens (tertiary/aromatic N) is 2. The Labute approximate surface area is 84.4 Å². The number of hydrogen-bond donors (Lipinski definition) is 1. The Morgan fingerprint density at radius 1 is 1.85 bits per heavy atom. The molecule has 0 fully saturated rings. The van der Waals surface area contributed by atoms with E-state index in [-0.39, 0.29) is 10.7 Å². The van der Waals surface area contributed by atoms with E-state index in [1.54, 1.807) is 5.38 Å². The Balaban J connectivity index is 3.02. The van der Waals surface area contributed by atoms with Gasteiger partial charge in [-0.3, -0.25) is 5.73 Å². The number of nitrogens with one attached hydrogen (secondary N) is 1. The van der Waals surface area contributed by atoms with Gasteiger partial charge in [-0.15, -0.1) is 11.3 Å².